The van der Waals surface area contributed by atoms with Crippen molar-refractivity contribution in [1.82, 2.24) is 0 Å². The van der Waals surface area contributed by atoms with Gasteiger partial charge in [0.05, 0.1) is 6.42 Å². The van der Waals surface area contributed by atoms with E-state index in [1.165, 1.54) is 6.92 Å². The van der Waals surface area contributed by atoms with Gasteiger partial charge in [-0.1, -0.05) is 23.2 Å². The number of alkyl halides is 2. The molecule has 0 N–H and O–H groups in total. The van der Waals surface area contributed by atoms with Crippen LogP contribution in [0.4, 0.5) is 0 Å². The van der Waals surface area contributed by atoms with Crippen LogP contribution in [0.3, 0.4) is 0 Å². The summed E-state index contributed by atoms with van der Waals surface area (Å²) >= 11 is 10.3. The fraction of sp³-hybridized carbons (Fsp3) is 0.667. The third-order valence-electron chi connectivity index (χ3n) is 0.902. The first kappa shape index (κ1) is 10.7. The Morgan fingerprint density at radius 3 is 2.27 bits per heavy atom. The Bertz CT molecular complexity index is 156. The van der Waals surface area contributed by atoms with E-state index in [2.05, 4.69) is 4.74 Å². The van der Waals surface area contributed by atoms with Crippen LogP contribution in [0.15, 0.2) is 0 Å². The highest BCUT2D eigenvalue weighted by atomic mass is 35.5. The molecule has 0 atom stereocenters. The summed E-state index contributed by atoms with van der Waals surface area (Å²) in [6.45, 7) is 1.39. The third-order valence-corrected chi connectivity index (χ3v) is 1.08. The number of carbonyl (C=O) groups excluding carboxylic acids is 2. The van der Waals surface area contributed by atoms with Crippen molar-refractivity contribution < 1.29 is 14.3 Å². The first-order valence-electron chi connectivity index (χ1n) is 2.99. The highest BCUT2D eigenvalue weighted by Crippen LogP contribution is 2.05. The maximum atomic E-state index is 10.6. The number of rotatable bonds is 4. The second-order valence-electron chi connectivity index (χ2n) is 1.95. The minimum absolute atomic E-state index is 0.0330. The second kappa shape index (κ2) is 5.38. The average Bonchev–Trinajstić information content (AvgIpc) is 1.82. The zero-order chi connectivity index (χ0) is 8.85. The van der Waals surface area contributed by atoms with Gasteiger partial charge < -0.3 is 9.53 Å². The lowest BCUT2D eigenvalue weighted by Crippen LogP contribution is -2.08. The summed E-state index contributed by atoms with van der Waals surface area (Å²) in [5, 5.41) is -1.14. The van der Waals surface area contributed by atoms with E-state index in [0.29, 0.717) is 0 Å². The van der Waals surface area contributed by atoms with Crippen LogP contribution in [0.25, 0.3) is 0 Å². The Balaban J connectivity index is 3.45. The molecule has 0 aliphatic carbocycles. The number of hydrogen-bond donors (Lipinski definition) is 0. The van der Waals surface area contributed by atoms with Crippen LogP contribution in [-0.4, -0.2) is 16.8 Å². The van der Waals surface area contributed by atoms with Crippen molar-refractivity contribution in [2.75, 3.05) is 0 Å². The Morgan fingerprint density at radius 1 is 1.36 bits per heavy atom. The predicted octanol–water partition coefficient (Wildman–Crippen LogP) is 1.66. The lowest BCUT2D eigenvalue weighted by molar-refractivity contribution is -0.144. The van der Waals surface area contributed by atoms with Crippen molar-refractivity contribution in [2.24, 2.45) is 0 Å². The molecule has 0 aromatic rings. The van der Waals surface area contributed by atoms with Crippen molar-refractivity contribution >= 4 is 35.0 Å². The summed E-state index contributed by atoms with van der Waals surface area (Å²) in [5.41, 5.74) is 0. The maximum absolute atomic E-state index is 10.6. The van der Waals surface area contributed by atoms with Crippen LogP contribution in [-0.2, 0) is 14.3 Å². The molecule has 0 saturated heterocycles. The molecule has 0 aliphatic rings. The Kier molecular flexibility index (Phi) is 5.24. The van der Waals surface area contributed by atoms with E-state index in [-0.39, 0.29) is 18.6 Å². The third kappa shape index (κ3) is 7.62. The molecule has 0 amide bonds. The number of halogens is 2. The van der Waals surface area contributed by atoms with Crippen LogP contribution in [0, 0.1) is 0 Å². The van der Waals surface area contributed by atoms with Crippen LogP contribution in [0.1, 0.15) is 19.8 Å². The van der Waals surface area contributed by atoms with E-state index in [9.17, 15) is 9.59 Å². The number of carbonyl (C=O) groups is 2. The van der Waals surface area contributed by atoms with Gasteiger partial charge in [-0.25, -0.2) is 0 Å². The molecule has 0 aromatic carbocycles. The van der Waals surface area contributed by atoms with Crippen molar-refractivity contribution in [2.45, 2.75) is 24.8 Å². The first-order chi connectivity index (χ1) is 5.02. The van der Waals surface area contributed by atoms with Gasteiger partial charge in [0.25, 0.3) is 5.02 Å². The molecule has 0 unspecified atom stereocenters. The SMILES string of the molecule is CC(=O)CCC(=O)OC(Cl)Cl. The van der Waals surface area contributed by atoms with Gasteiger partial charge in [0.1, 0.15) is 5.78 Å². The minimum Gasteiger partial charge on any atom is -0.431 e. The molecule has 0 aliphatic heterocycles. The van der Waals surface area contributed by atoms with Gasteiger partial charge in [0, 0.05) is 6.42 Å². The largest absolute Gasteiger partial charge is 0.431 e. The molecule has 3 nitrogen and oxygen atoms in total. The monoisotopic (exact) mass is 198 g/mol. The quantitative estimate of drug-likeness (QED) is 0.510. The van der Waals surface area contributed by atoms with Crippen LogP contribution >= 0.6 is 23.2 Å². The number of hydrogen-bond acceptors (Lipinski definition) is 3. The predicted molar refractivity (Wildman–Crippen MR) is 41.5 cm³/mol. The van der Waals surface area contributed by atoms with Crippen molar-refractivity contribution in [3.63, 3.8) is 0 Å². The molecular weight excluding hydrogens is 191 g/mol. The van der Waals surface area contributed by atoms with Crippen LogP contribution < -0.4 is 0 Å². The molecule has 0 bridgehead atoms. The van der Waals surface area contributed by atoms with Gasteiger partial charge in [0.15, 0.2) is 0 Å². The molecule has 0 radical (unpaired) electrons. The van der Waals surface area contributed by atoms with E-state index < -0.39 is 11.0 Å². The highest BCUT2D eigenvalue weighted by Gasteiger charge is 2.08. The van der Waals surface area contributed by atoms with Gasteiger partial charge in [-0.3, -0.25) is 4.79 Å². The normalized spacial score (nSPS) is 9.82. The zero-order valence-corrected chi connectivity index (χ0v) is 7.48. The number of ketones is 1. The molecule has 0 spiro atoms. The summed E-state index contributed by atoms with van der Waals surface area (Å²) in [4.78, 5) is 21.0. The van der Waals surface area contributed by atoms with Crippen LogP contribution in [0.2, 0.25) is 0 Å². The van der Waals surface area contributed by atoms with E-state index in [1.807, 2.05) is 0 Å². The minimum atomic E-state index is -1.14. The molecule has 64 valence electrons. The molecule has 0 heterocycles. The molecule has 0 saturated carbocycles. The molecular formula is C6H8Cl2O3. The standard InChI is InChI=1S/C6H8Cl2O3/c1-4(9)2-3-5(10)11-6(7)8/h6H,2-3H2,1H3. The summed E-state index contributed by atoms with van der Waals surface area (Å²) in [6, 6.07) is 0. The van der Waals surface area contributed by atoms with E-state index in [1.54, 1.807) is 0 Å². The number of esters is 1. The van der Waals surface area contributed by atoms with Gasteiger partial charge in [-0.2, -0.15) is 0 Å². The molecule has 5 heteroatoms. The number of Topliss-reactive ketones (excluding diaryl/α,β-unsaturated/α-hetero) is 1. The van der Waals surface area contributed by atoms with Gasteiger partial charge in [0.2, 0.25) is 0 Å². The van der Waals surface area contributed by atoms with Gasteiger partial charge in [-0.05, 0) is 6.92 Å². The van der Waals surface area contributed by atoms with Crippen molar-refractivity contribution in [3.8, 4) is 0 Å². The van der Waals surface area contributed by atoms with E-state index >= 15 is 0 Å². The molecule has 0 aromatic heterocycles. The topological polar surface area (TPSA) is 43.4 Å². The number of ether oxygens (including phenoxy) is 1. The Labute approximate surface area is 74.6 Å². The van der Waals surface area contributed by atoms with Crippen LogP contribution in [0.5, 0.6) is 0 Å². The van der Waals surface area contributed by atoms with E-state index in [4.69, 9.17) is 23.2 Å². The summed E-state index contributed by atoms with van der Waals surface area (Å²) < 4.78 is 4.34. The fourth-order valence-electron chi connectivity index (χ4n) is 0.436. The van der Waals surface area contributed by atoms with E-state index in [0.717, 1.165) is 0 Å². The smallest absolute Gasteiger partial charge is 0.308 e. The summed E-state index contributed by atoms with van der Waals surface area (Å²) in [7, 11) is 0. The Hall–Kier alpha value is -0.280. The molecule has 0 fully saturated rings. The lowest BCUT2D eigenvalue weighted by Gasteiger charge is -2.02. The molecule has 11 heavy (non-hydrogen) atoms. The maximum Gasteiger partial charge on any atom is 0.308 e. The second-order valence-corrected chi connectivity index (χ2v) is 2.97. The zero-order valence-electron chi connectivity index (χ0n) is 5.97. The highest BCUT2D eigenvalue weighted by molar-refractivity contribution is 6.43. The van der Waals surface area contributed by atoms with Crippen molar-refractivity contribution in [1.29, 1.82) is 0 Å². The van der Waals surface area contributed by atoms with Crippen molar-refractivity contribution in [3.05, 3.63) is 0 Å². The van der Waals surface area contributed by atoms with Gasteiger partial charge >= 0.3 is 5.97 Å². The lowest BCUT2D eigenvalue weighted by atomic mass is 10.2. The van der Waals surface area contributed by atoms with Gasteiger partial charge in [-0.15, -0.1) is 0 Å². The fourth-order valence-corrected chi connectivity index (χ4v) is 0.635. The summed E-state index contributed by atoms with van der Waals surface area (Å²) in [6.07, 6.45) is 0.199. The average molecular weight is 199 g/mol. The molecule has 0 rings (SSSR count). The first-order valence-corrected chi connectivity index (χ1v) is 3.86. The Morgan fingerprint density at radius 2 is 1.91 bits per heavy atom. The summed E-state index contributed by atoms with van der Waals surface area (Å²) in [5.74, 6) is -0.627.